The summed E-state index contributed by atoms with van der Waals surface area (Å²) in [7, 11) is 0. The predicted molar refractivity (Wildman–Crippen MR) is 95.2 cm³/mol. The lowest BCUT2D eigenvalue weighted by molar-refractivity contribution is 0.0436. The van der Waals surface area contributed by atoms with Gasteiger partial charge in [0.15, 0.2) is 0 Å². The molecule has 0 bridgehead atoms. The number of nitrogens with one attached hydrogen (secondary N) is 1. The fourth-order valence-electron chi connectivity index (χ4n) is 2.69. The number of amides is 2. The minimum atomic E-state index is -0.145. The van der Waals surface area contributed by atoms with E-state index in [9.17, 15) is 4.79 Å². The van der Waals surface area contributed by atoms with E-state index in [1.54, 1.807) is 41.3 Å². The first-order valence-electron chi connectivity index (χ1n) is 8.31. The third kappa shape index (κ3) is 3.93. The molecule has 0 saturated carbocycles. The topological polar surface area (TPSA) is 89.2 Å². The van der Waals surface area contributed by atoms with Crippen molar-refractivity contribution in [2.24, 2.45) is 0 Å². The first-order chi connectivity index (χ1) is 12.6. The number of hydrogen-bond donors (Lipinski definition) is 1. The Hall–Kier alpha value is -3.51. The third-order valence-corrected chi connectivity index (χ3v) is 4.30. The number of urea groups is 1. The van der Waals surface area contributed by atoms with E-state index in [2.05, 4.69) is 17.5 Å². The lowest BCUT2D eigenvalue weighted by Crippen LogP contribution is -2.59. The minimum absolute atomic E-state index is 0.0427. The van der Waals surface area contributed by atoms with Crippen LogP contribution in [0.15, 0.2) is 48.5 Å². The Balaban J connectivity index is 1.46. The van der Waals surface area contributed by atoms with Crippen LogP contribution in [-0.2, 0) is 0 Å². The second kappa shape index (κ2) is 7.58. The van der Waals surface area contributed by atoms with E-state index in [1.807, 2.05) is 19.1 Å². The molecular weight excluding hydrogens is 328 g/mol. The van der Waals surface area contributed by atoms with Crippen molar-refractivity contribution in [3.8, 4) is 17.9 Å². The Morgan fingerprint density at radius 1 is 1.08 bits per heavy atom. The molecule has 0 aliphatic carbocycles. The molecule has 1 aliphatic heterocycles. The molecule has 3 rings (SSSR count). The van der Waals surface area contributed by atoms with Gasteiger partial charge in [-0.15, -0.1) is 0 Å². The van der Waals surface area contributed by atoms with Crippen molar-refractivity contribution in [2.45, 2.75) is 19.1 Å². The highest BCUT2D eigenvalue weighted by Gasteiger charge is 2.32. The molecule has 0 spiro atoms. The average molecular weight is 346 g/mol. The maximum atomic E-state index is 12.3. The van der Waals surface area contributed by atoms with Crippen LogP contribution < -0.4 is 10.1 Å². The summed E-state index contributed by atoms with van der Waals surface area (Å²) >= 11 is 0. The van der Waals surface area contributed by atoms with Crippen LogP contribution >= 0.6 is 0 Å². The van der Waals surface area contributed by atoms with Crippen molar-refractivity contribution in [3.05, 3.63) is 65.2 Å². The fraction of sp³-hybridized carbons (Fsp3) is 0.250. The molecule has 1 fully saturated rings. The van der Waals surface area contributed by atoms with Gasteiger partial charge in [0.1, 0.15) is 11.9 Å². The number of benzene rings is 2. The van der Waals surface area contributed by atoms with E-state index >= 15 is 0 Å². The van der Waals surface area contributed by atoms with Crippen LogP contribution in [0.3, 0.4) is 0 Å². The number of carbonyl (C=O) groups is 1. The first kappa shape index (κ1) is 17.3. The molecule has 0 radical (unpaired) electrons. The summed E-state index contributed by atoms with van der Waals surface area (Å²) in [6.45, 7) is 2.95. The smallest absolute Gasteiger partial charge is 0.318 e. The maximum Gasteiger partial charge on any atom is 0.318 e. The molecule has 6 nitrogen and oxygen atoms in total. The summed E-state index contributed by atoms with van der Waals surface area (Å²) in [5.41, 5.74) is 2.13. The zero-order valence-corrected chi connectivity index (χ0v) is 14.3. The van der Waals surface area contributed by atoms with Crippen LogP contribution in [-0.4, -0.2) is 30.1 Å². The van der Waals surface area contributed by atoms with E-state index in [0.717, 1.165) is 5.56 Å². The van der Waals surface area contributed by atoms with Crippen LogP contribution in [0.25, 0.3) is 0 Å². The number of rotatable bonds is 4. The van der Waals surface area contributed by atoms with Crippen molar-refractivity contribution >= 4 is 6.03 Å². The van der Waals surface area contributed by atoms with Gasteiger partial charge in [-0.3, -0.25) is 0 Å². The Kier molecular flexibility index (Phi) is 5.05. The average Bonchev–Trinajstić information content (AvgIpc) is 2.64. The molecule has 0 unspecified atom stereocenters. The Morgan fingerprint density at radius 3 is 2.15 bits per heavy atom. The lowest BCUT2D eigenvalue weighted by atomic mass is 10.1. The molecule has 2 amide bonds. The zero-order valence-electron chi connectivity index (χ0n) is 14.3. The maximum absolute atomic E-state index is 12.3. The standard InChI is InChI=1S/C20H18N4O2/c1-14(17-6-2-15(10-21)3-7-17)23-20(25)24-12-19(13-24)26-18-8-4-16(11-22)5-9-18/h2-9,14,19H,12-13H2,1H3,(H,23,25)/t14-/m0/s1. The monoisotopic (exact) mass is 346 g/mol. The number of hydrogen-bond acceptors (Lipinski definition) is 4. The molecule has 1 atom stereocenters. The van der Waals surface area contributed by atoms with Crippen LogP contribution in [0.5, 0.6) is 5.75 Å². The van der Waals surface area contributed by atoms with E-state index in [4.69, 9.17) is 15.3 Å². The molecule has 26 heavy (non-hydrogen) atoms. The summed E-state index contributed by atoms with van der Waals surface area (Å²) in [5, 5.41) is 20.6. The van der Waals surface area contributed by atoms with Crippen molar-refractivity contribution in [1.82, 2.24) is 10.2 Å². The van der Waals surface area contributed by atoms with Gasteiger partial charge in [0.25, 0.3) is 0 Å². The van der Waals surface area contributed by atoms with Crippen LogP contribution in [0.4, 0.5) is 4.79 Å². The Labute approximate surface area is 152 Å². The summed E-state index contributed by atoms with van der Waals surface area (Å²) in [5.74, 6) is 0.694. The molecule has 1 saturated heterocycles. The predicted octanol–water partition coefficient (Wildman–Crippen LogP) is 2.96. The molecular formula is C20H18N4O2. The molecule has 0 aromatic heterocycles. The van der Waals surface area contributed by atoms with E-state index in [1.165, 1.54) is 0 Å². The van der Waals surface area contributed by atoms with Crippen LogP contribution in [0, 0.1) is 22.7 Å². The Morgan fingerprint density at radius 2 is 1.62 bits per heavy atom. The molecule has 6 heteroatoms. The van der Waals surface area contributed by atoms with Gasteiger partial charge in [-0.25, -0.2) is 4.79 Å². The number of nitriles is 2. The van der Waals surface area contributed by atoms with Crippen LogP contribution in [0.2, 0.25) is 0 Å². The summed E-state index contributed by atoms with van der Waals surface area (Å²) in [4.78, 5) is 14.0. The minimum Gasteiger partial charge on any atom is -0.487 e. The van der Waals surface area contributed by atoms with Gasteiger partial charge < -0.3 is 15.0 Å². The van der Waals surface area contributed by atoms with Gasteiger partial charge >= 0.3 is 6.03 Å². The summed E-state index contributed by atoms with van der Waals surface area (Å²) in [6, 6.07) is 18.0. The van der Waals surface area contributed by atoms with Crippen molar-refractivity contribution in [2.75, 3.05) is 13.1 Å². The van der Waals surface area contributed by atoms with Crippen LogP contribution in [0.1, 0.15) is 29.7 Å². The fourth-order valence-corrected chi connectivity index (χ4v) is 2.69. The van der Waals surface area contributed by atoms with Crippen molar-refractivity contribution < 1.29 is 9.53 Å². The molecule has 1 heterocycles. The number of likely N-dealkylation sites (tertiary alicyclic amines) is 1. The lowest BCUT2D eigenvalue weighted by Gasteiger charge is -2.39. The van der Waals surface area contributed by atoms with E-state index in [0.29, 0.717) is 30.0 Å². The highest BCUT2D eigenvalue weighted by atomic mass is 16.5. The van der Waals surface area contributed by atoms with Gasteiger partial charge in [-0.2, -0.15) is 10.5 Å². The van der Waals surface area contributed by atoms with Crippen molar-refractivity contribution in [1.29, 1.82) is 10.5 Å². The second-order valence-corrected chi connectivity index (χ2v) is 6.19. The molecule has 2 aromatic rings. The van der Waals surface area contributed by atoms with Gasteiger partial charge in [0.2, 0.25) is 0 Å². The number of carbonyl (C=O) groups excluding carboxylic acids is 1. The first-order valence-corrected chi connectivity index (χ1v) is 8.31. The Bertz CT molecular complexity index is 857. The SMILES string of the molecule is C[C@H](NC(=O)N1CC(Oc2ccc(C#N)cc2)C1)c1ccc(C#N)cc1. The molecule has 1 N–H and O–H groups in total. The highest BCUT2D eigenvalue weighted by molar-refractivity contribution is 5.75. The number of ether oxygens (including phenoxy) is 1. The molecule has 1 aliphatic rings. The van der Waals surface area contributed by atoms with E-state index < -0.39 is 0 Å². The molecule has 2 aromatic carbocycles. The van der Waals surface area contributed by atoms with Crippen molar-refractivity contribution in [3.63, 3.8) is 0 Å². The van der Waals surface area contributed by atoms with Gasteiger partial charge in [-0.1, -0.05) is 12.1 Å². The quantitative estimate of drug-likeness (QED) is 0.922. The summed E-state index contributed by atoms with van der Waals surface area (Å²) in [6.07, 6.45) is -0.0427. The zero-order chi connectivity index (χ0) is 18.5. The van der Waals surface area contributed by atoms with E-state index in [-0.39, 0.29) is 18.2 Å². The number of nitrogens with zero attached hydrogens (tertiary/aromatic N) is 3. The normalized spacial score (nSPS) is 14.5. The van der Waals surface area contributed by atoms with Gasteiger partial charge in [0.05, 0.1) is 42.4 Å². The molecule has 130 valence electrons. The second-order valence-electron chi connectivity index (χ2n) is 6.19. The van der Waals surface area contributed by atoms with Gasteiger partial charge in [-0.05, 0) is 48.9 Å². The van der Waals surface area contributed by atoms with Gasteiger partial charge in [0, 0.05) is 0 Å². The summed E-state index contributed by atoms with van der Waals surface area (Å²) < 4.78 is 5.78. The highest BCUT2D eigenvalue weighted by Crippen LogP contribution is 2.20. The third-order valence-electron chi connectivity index (χ3n) is 4.30. The largest absolute Gasteiger partial charge is 0.487 e.